The van der Waals surface area contributed by atoms with Gasteiger partial charge >= 0.3 is 5.91 Å². The maximum atomic E-state index is 11.8. The molecule has 3 aromatic rings. The average molecular weight is 409 g/mol. The lowest BCUT2D eigenvalue weighted by molar-refractivity contribution is -0.120. The summed E-state index contributed by atoms with van der Waals surface area (Å²) < 4.78 is 5.96. The number of aromatic hydroxyl groups is 1. The van der Waals surface area contributed by atoms with Gasteiger partial charge in [0.05, 0.1) is 5.52 Å². The van der Waals surface area contributed by atoms with Crippen molar-refractivity contribution in [2.75, 3.05) is 6.61 Å². The molecule has 1 aromatic heterocycles. The Kier molecular flexibility index (Phi) is 4.82. The molecular weight excluding hydrogens is 398 g/mol. The number of aromatic amines is 1. The number of hydrogen-bond acceptors (Lipinski definition) is 4. The van der Waals surface area contributed by atoms with Gasteiger partial charge in [0.15, 0.2) is 12.3 Å². The van der Waals surface area contributed by atoms with E-state index in [0.717, 1.165) is 0 Å². The van der Waals surface area contributed by atoms with Crippen LogP contribution in [0, 0.1) is 0 Å². The molecule has 0 aliphatic rings. The summed E-state index contributed by atoms with van der Waals surface area (Å²) in [5.74, 6) is -0.214. The Hall–Kier alpha value is -2.38. The SMILES string of the molecule is O=C(COc1ccccc1)N=Nc1c(O)[nH]c2c(Br)cc(Cl)cc12. The monoisotopic (exact) mass is 407 g/mol. The number of H-pyrrole nitrogens is 1. The second kappa shape index (κ2) is 7.02. The molecule has 122 valence electrons. The Morgan fingerprint density at radius 3 is 2.79 bits per heavy atom. The number of hydrogen-bond donors (Lipinski definition) is 2. The zero-order valence-corrected chi connectivity index (χ0v) is 14.5. The molecule has 8 heteroatoms. The summed E-state index contributed by atoms with van der Waals surface area (Å²) in [5, 5.41) is 18.4. The molecule has 1 heterocycles. The lowest BCUT2D eigenvalue weighted by Crippen LogP contribution is -2.07. The first-order valence-electron chi connectivity index (χ1n) is 6.86. The van der Waals surface area contributed by atoms with E-state index in [0.29, 0.717) is 26.1 Å². The summed E-state index contributed by atoms with van der Waals surface area (Å²) in [5.41, 5.74) is 0.750. The van der Waals surface area contributed by atoms with E-state index < -0.39 is 5.91 Å². The van der Waals surface area contributed by atoms with Crippen LogP contribution in [0.5, 0.6) is 11.6 Å². The number of carbonyl (C=O) groups is 1. The van der Waals surface area contributed by atoms with Gasteiger partial charge < -0.3 is 14.8 Å². The smallest absolute Gasteiger partial charge is 0.302 e. The topological polar surface area (TPSA) is 87.0 Å². The van der Waals surface area contributed by atoms with Crippen molar-refractivity contribution in [1.82, 2.24) is 4.98 Å². The molecule has 2 N–H and O–H groups in total. The highest BCUT2D eigenvalue weighted by atomic mass is 79.9. The Balaban J connectivity index is 1.78. The van der Waals surface area contributed by atoms with Crippen molar-refractivity contribution in [2.45, 2.75) is 0 Å². The first-order chi connectivity index (χ1) is 11.5. The minimum atomic E-state index is -0.575. The van der Waals surface area contributed by atoms with Gasteiger partial charge in [-0.05, 0) is 40.2 Å². The Bertz CT molecular complexity index is 925. The highest BCUT2D eigenvalue weighted by Gasteiger charge is 2.14. The number of carbonyl (C=O) groups excluding carboxylic acids is 1. The number of para-hydroxylation sites is 1. The first-order valence-corrected chi connectivity index (χ1v) is 8.04. The lowest BCUT2D eigenvalue weighted by atomic mass is 10.2. The highest BCUT2D eigenvalue weighted by Crippen LogP contribution is 2.40. The van der Waals surface area contributed by atoms with Crippen molar-refractivity contribution in [3.63, 3.8) is 0 Å². The molecule has 0 radical (unpaired) electrons. The van der Waals surface area contributed by atoms with Gasteiger partial charge in [-0.15, -0.1) is 10.2 Å². The van der Waals surface area contributed by atoms with Gasteiger partial charge in [0.1, 0.15) is 5.75 Å². The van der Waals surface area contributed by atoms with Crippen LogP contribution in [0.25, 0.3) is 10.9 Å². The molecule has 0 unspecified atom stereocenters. The van der Waals surface area contributed by atoms with E-state index in [1.165, 1.54) is 0 Å². The summed E-state index contributed by atoms with van der Waals surface area (Å²) in [6, 6.07) is 12.2. The van der Waals surface area contributed by atoms with E-state index in [1.54, 1.807) is 36.4 Å². The predicted molar refractivity (Wildman–Crippen MR) is 94.1 cm³/mol. The van der Waals surface area contributed by atoms with E-state index in [4.69, 9.17) is 16.3 Å². The fraction of sp³-hybridized carbons (Fsp3) is 0.0625. The standard InChI is InChI=1S/C16H11BrClN3O3/c17-12-7-9(18)6-11-14(12)19-16(23)15(11)21-20-13(22)8-24-10-4-2-1-3-5-10/h1-7,19,23H,8H2. The van der Waals surface area contributed by atoms with E-state index in [-0.39, 0.29) is 18.2 Å². The number of halogens is 2. The maximum absolute atomic E-state index is 11.8. The minimum Gasteiger partial charge on any atom is -0.493 e. The van der Waals surface area contributed by atoms with Gasteiger partial charge in [0, 0.05) is 14.9 Å². The second-order valence-electron chi connectivity index (χ2n) is 4.83. The molecule has 0 bridgehead atoms. The van der Waals surface area contributed by atoms with E-state index in [1.807, 2.05) is 6.07 Å². The molecule has 0 aliphatic heterocycles. The number of benzene rings is 2. The highest BCUT2D eigenvalue weighted by molar-refractivity contribution is 9.10. The van der Waals surface area contributed by atoms with Crippen LogP contribution in [0.2, 0.25) is 5.02 Å². The van der Waals surface area contributed by atoms with Crippen LogP contribution in [0.15, 0.2) is 57.2 Å². The molecule has 0 saturated heterocycles. The Morgan fingerprint density at radius 2 is 2.04 bits per heavy atom. The molecule has 1 amide bonds. The number of rotatable bonds is 4. The van der Waals surface area contributed by atoms with Crippen LogP contribution in [-0.2, 0) is 4.79 Å². The number of amides is 1. The van der Waals surface area contributed by atoms with Crippen molar-refractivity contribution in [2.24, 2.45) is 10.2 Å². The number of nitrogens with one attached hydrogen (secondary N) is 1. The first kappa shape index (κ1) is 16.5. The fourth-order valence-electron chi connectivity index (χ4n) is 2.09. The molecule has 2 aromatic carbocycles. The minimum absolute atomic E-state index is 0.140. The van der Waals surface area contributed by atoms with Gasteiger partial charge in [0.2, 0.25) is 5.88 Å². The summed E-state index contributed by atoms with van der Waals surface area (Å²) in [6.07, 6.45) is 0. The van der Waals surface area contributed by atoms with Crippen LogP contribution < -0.4 is 4.74 Å². The number of azo groups is 1. The Labute approximate surface area is 150 Å². The third-order valence-electron chi connectivity index (χ3n) is 3.14. The molecule has 0 fully saturated rings. The van der Waals surface area contributed by atoms with Crippen molar-refractivity contribution >= 4 is 50.0 Å². The van der Waals surface area contributed by atoms with E-state index in [9.17, 15) is 9.90 Å². The van der Waals surface area contributed by atoms with Crippen LogP contribution in [0.4, 0.5) is 5.69 Å². The molecule has 24 heavy (non-hydrogen) atoms. The van der Waals surface area contributed by atoms with Gasteiger partial charge in [-0.2, -0.15) is 0 Å². The summed E-state index contributed by atoms with van der Waals surface area (Å²) in [6.45, 7) is -0.249. The molecule has 6 nitrogen and oxygen atoms in total. The third-order valence-corrected chi connectivity index (χ3v) is 3.99. The number of fused-ring (bicyclic) bond motifs is 1. The van der Waals surface area contributed by atoms with Crippen molar-refractivity contribution in [3.8, 4) is 11.6 Å². The van der Waals surface area contributed by atoms with Crippen LogP contribution in [0.1, 0.15) is 0 Å². The summed E-state index contributed by atoms with van der Waals surface area (Å²) >= 11 is 9.34. The van der Waals surface area contributed by atoms with Gasteiger partial charge in [-0.1, -0.05) is 29.8 Å². The Morgan fingerprint density at radius 1 is 1.29 bits per heavy atom. The maximum Gasteiger partial charge on any atom is 0.302 e. The molecule has 0 aliphatic carbocycles. The van der Waals surface area contributed by atoms with Crippen LogP contribution >= 0.6 is 27.5 Å². The van der Waals surface area contributed by atoms with Crippen molar-refractivity contribution in [3.05, 3.63) is 52.0 Å². The predicted octanol–water partition coefficient (Wildman–Crippen LogP) is 4.98. The average Bonchev–Trinajstić information content (AvgIpc) is 2.88. The van der Waals surface area contributed by atoms with E-state index in [2.05, 4.69) is 31.1 Å². The lowest BCUT2D eigenvalue weighted by Gasteiger charge is -2.01. The number of ether oxygens (including phenoxy) is 1. The van der Waals surface area contributed by atoms with Crippen molar-refractivity contribution < 1.29 is 14.6 Å². The third kappa shape index (κ3) is 3.58. The largest absolute Gasteiger partial charge is 0.493 e. The number of aromatic nitrogens is 1. The normalized spacial score (nSPS) is 11.2. The quantitative estimate of drug-likeness (QED) is 0.597. The fourth-order valence-corrected chi connectivity index (χ4v) is 3.00. The van der Waals surface area contributed by atoms with Gasteiger partial charge in [-0.3, -0.25) is 4.79 Å². The van der Waals surface area contributed by atoms with Crippen molar-refractivity contribution in [1.29, 1.82) is 0 Å². The molecule has 3 rings (SSSR count). The van der Waals surface area contributed by atoms with E-state index >= 15 is 0 Å². The summed E-state index contributed by atoms with van der Waals surface area (Å²) in [4.78, 5) is 14.5. The van der Waals surface area contributed by atoms with Gasteiger partial charge in [-0.25, -0.2) is 0 Å². The van der Waals surface area contributed by atoms with Crippen LogP contribution in [-0.4, -0.2) is 22.6 Å². The summed E-state index contributed by atoms with van der Waals surface area (Å²) in [7, 11) is 0. The van der Waals surface area contributed by atoms with Gasteiger partial charge in [0.25, 0.3) is 0 Å². The molecule has 0 spiro atoms. The number of nitrogens with zero attached hydrogens (tertiary/aromatic N) is 2. The zero-order valence-electron chi connectivity index (χ0n) is 12.2. The molecule has 0 atom stereocenters. The molecule has 0 saturated carbocycles. The second-order valence-corrected chi connectivity index (χ2v) is 6.12. The van der Waals surface area contributed by atoms with Crippen LogP contribution in [0.3, 0.4) is 0 Å². The zero-order chi connectivity index (χ0) is 17.1. The molecular formula is C16H11BrClN3O3.